The summed E-state index contributed by atoms with van der Waals surface area (Å²) in [6.45, 7) is 6.16. The van der Waals surface area contributed by atoms with E-state index in [-0.39, 0.29) is 0 Å². The molecule has 1 aromatic heterocycles. The molecule has 3 aromatic carbocycles. The average Bonchev–Trinajstić information content (AvgIpc) is 3.36. The molecule has 0 amide bonds. The molecule has 36 heavy (non-hydrogen) atoms. The number of hydrogen-bond acceptors (Lipinski definition) is 4. The van der Waals surface area contributed by atoms with E-state index in [1.165, 1.54) is 21.7 Å². The van der Waals surface area contributed by atoms with Crippen LogP contribution in [0.3, 0.4) is 0 Å². The van der Waals surface area contributed by atoms with Gasteiger partial charge < -0.3 is 14.6 Å². The lowest BCUT2D eigenvalue weighted by molar-refractivity contribution is 0.309. The number of unbranched alkanes of at least 4 members (excludes halogenated alkanes) is 1. The first-order valence-corrected chi connectivity index (χ1v) is 13.7. The van der Waals surface area contributed by atoms with Gasteiger partial charge in [0.2, 0.25) is 0 Å². The van der Waals surface area contributed by atoms with Crippen LogP contribution < -0.4 is 10.1 Å². The van der Waals surface area contributed by atoms with Gasteiger partial charge in [-0.3, -0.25) is 0 Å². The van der Waals surface area contributed by atoms with Crippen molar-refractivity contribution in [2.45, 2.75) is 50.3 Å². The van der Waals surface area contributed by atoms with Gasteiger partial charge in [-0.2, -0.15) is 0 Å². The Bertz CT molecular complexity index is 1230. The van der Waals surface area contributed by atoms with Gasteiger partial charge in [-0.15, -0.1) is 11.8 Å². The fraction of sp³-hybridized carbons (Fsp3) is 0.258. The molecule has 4 aromatic rings. The van der Waals surface area contributed by atoms with E-state index in [1.54, 1.807) is 0 Å². The Morgan fingerprint density at radius 2 is 1.78 bits per heavy atom. The molecule has 4 rings (SSSR count). The number of aryl methyl sites for hydroxylation is 1. The van der Waals surface area contributed by atoms with Crippen molar-refractivity contribution in [2.75, 3.05) is 11.9 Å². The van der Waals surface area contributed by atoms with Crippen molar-refractivity contribution in [1.29, 1.82) is 0 Å². The second kappa shape index (κ2) is 13.6. The molecule has 4 nitrogen and oxygen atoms in total. The molecular formula is C31H35N3OS. The van der Waals surface area contributed by atoms with Crippen LogP contribution in [0.25, 0.3) is 17.2 Å². The van der Waals surface area contributed by atoms with Gasteiger partial charge in [0.25, 0.3) is 0 Å². The Kier molecular flexibility index (Phi) is 9.69. The Hall–Kier alpha value is -3.44. The largest absolute Gasteiger partial charge is 0.494 e. The van der Waals surface area contributed by atoms with Crippen LogP contribution in [0.2, 0.25) is 0 Å². The van der Waals surface area contributed by atoms with Crippen LogP contribution in [0.5, 0.6) is 5.75 Å². The molecule has 1 heterocycles. The minimum Gasteiger partial charge on any atom is -0.494 e. The highest BCUT2D eigenvalue weighted by atomic mass is 32.2. The third kappa shape index (κ3) is 7.53. The summed E-state index contributed by atoms with van der Waals surface area (Å²) in [6, 6.07) is 25.5. The van der Waals surface area contributed by atoms with Gasteiger partial charge in [-0.05, 0) is 78.1 Å². The van der Waals surface area contributed by atoms with E-state index in [0.717, 1.165) is 55.2 Å². The number of thioether (sulfide) groups is 1. The number of anilines is 1. The molecule has 0 unspecified atom stereocenters. The van der Waals surface area contributed by atoms with Crippen LogP contribution in [0.4, 0.5) is 5.69 Å². The molecule has 0 aliphatic heterocycles. The fourth-order valence-electron chi connectivity index (χ4n) is 3.85. The molecule has 186 valence electrons. The summed E-state index contributed by atoms with van der Waals surface area (Å²) < 4.78 is 8.02. The van der Waals surface area contributed by atoms with Crippen LogP contribution >= 0.6 is 11.8 Å². The maximum absolute atomic E-state index is 5.78. The SMILES string of the molecule is CCCCOc1ccc(-c2cccc(/C=C\Nc3ccc(SCc4cncn4CCC)cc3)c2)cc1. The minimum absolute atomic E-state index is 0.774. The lowest BCUT2D eigenvalue weighted by Crippen LogP contribution is -1.99. The normalized spacial score (nSPS) is 11.2. The van der Waals surface area contributed by atoms with Crippen LogP contribution in [0.15, 0.2) is 96.4 Å². The van der Waals surface area contributed by atoms with E-state index in [1.807, 2.05) is 30.5 Å². The number of nitrogens with zero attached hydrogens (tertiary/aromatic N) is 2. The molecular weight excluding hydrogens is 462 g/mol. The average molecular weight is 498 g/mol. The first kappa shape index (κ1) is 25.6. The lowest BCUT2D eigenvalue weighted by Gasteiger charge is -2.08. The summed E-state index contributed by atoms with van der Waals surface area (Å²) in [5, 5.41) is 3.39. The van der Waals surface area contributed by atoms with Gasteiger partial charge in [-0.1, -0.05) is 50.6 Å². The second-order valence-corrected chi connectivity index (χ2v) is 9.77. The maximum atomic E-state index is 5.78. The fourth-order valence-corrected chi connectivity index (χ4v) is 4.73. The number of benzene rings is 3. The molecule has 0 fully saturated rings. The smallest absolute Gasteiger partial charge is 0.119 e. The summed E-state index contributed by atoms with van der Waals surface area (Å²) >= 11 is 1.84. The van der Waals surface area contributed by atoms with Crippen molar-refractivity contribution >= 4 is 23.5 Å². The van der Waals surface area contributed by atoms with E-state index in [0.29, 0.717) is 0 Å². The van der Waals surface area contributed by atoms with Crippen LogP contribution in [0, 0.1) is 0 Å². The maximum Gasteiger partial charge on any atom is 0.119 e. The van der Waals surface area contributed by atoms with Crippen LogP contribution in [0.1, 0.15) is 44.4 Å². The third-order valence-corrected chi connectivity index (χ3v) is 6.92. The first-order valence-electron chi connectivity index (χ1n) is 12.7. The Balaban J connectivity index is 1.29. The molecule has 0 spiro atoms. The summed E-state index contributed by atoms with van der Waals surface area (Å²) in [6.07, 6.45) is 11.3. The Labute approximate surface area is 219 Å². The molecule has 0 saturated heterocycles. The van der Waals surface area contributed by atoms with Crippen LogP contribution in [-0.4, -0.2) is 16.2 Å². The summed E-state index contributed by atoms with van der Waals surface area (Å²) in [5.74, 6) is 1.86. The third-order valence-electron chi connectivity index (χ3n) is 5.87. The van der Waals surface area contributed by atoms with E-state index in [2.05, 4.69) is 108 Å². The first-order chi connectivity index (χ1) is 17.7. The molecule has 0 saturated carbocycles. The molecule has 0 atom stereocenters. The molecule has 5 heteroatoms. The zero-order chi connectivity index (χ0) is 25.0. The zero-order valence-corrected chi connectivity index (χ0v) is 22.0. The van der Waals surface area contributed by atoms with Gasteiger partial charge in [0.1, 0.15) is 5.75 Å². The standard InChI is InChI=1S/C31H35N3OS/c1-3-5-20-35-30-13-9-26(10-14-30)27-8-6-7-25(21-27)17-18-33-28-11-15-31(16-12-28)36-23-29-22-32-24-34(29)19-4-2/h6-18,21-22,24,33H,3-5,19-20,23H2,1-2H3/b18-17-. The van der Waals surface area contributed by atoms with E-state index in [4.69, 9.17) is 4.74 Å². The van der Waals surface area contributed by atoms with Gasteiger partial charge in [0.05, 0.1) is 12.9 Å². The highest BCUT2D eigenvalue weighted by molar-refractivity contribution is 7.98. The summed E-state index contributed by atoms with van der Waals surface area (Å²) in [4.78, 5) is 5.54. The number of aromatic nitrogens is 2. The predicted octanol–water partition coefficient (Wildman–Crippen LogP) is 8.51. The molecule has 0 bridgehead atoms. The van der Waals surface area contributed by atoms with Crippen molar-refractivity contribution in [1.82, 2.24) is 9.55 Å². The number of ether oxygens (including phenoxy) is 1. The Morgan fingerprint density at radius 1 is 0.944 bits per heavy atom. The van der Waals surface area contributed by atoms with Gasteiger partial charge in [-0.25, -0.2) is 4.98 Å². The summed E-state index contributed by atoms with van der Waals surface area (Å²) in [5.41, 5.74) is 5.87. The summed E-state index contributed by atoms with van der Waals surface area (Å²) in [7, 11) is 0. The quantitative estimate of drug-likeness (QED) is 0.148. The number of nitrogens with one attached hydrogen (secondary N) is 1. The molecule has 0 aliphatic carbocycles. The number of hydrogen-bond donors (Lipinski definition) is 1. The lowest BCUT2D eigenvalue weighted by atomic mass is 10.0. The minimum atomic E-state index is 0.774. The van der Waals surface area contributed by atoms with Crippen molar-refractivity contribution in [2.24, 2.45) is 0 Å². The van der Waals surface area contributed by atoms with Gasteiger partial charge >= 0.3 is 0 Å². The van der Waals surface area contributed by atoms with Crippen molar-refractivity contribution in [3.8, 4) is 16.9 Å². The predicted molar refractivity (Wildman–Crippen MR) is 153 cm³/mol. The monoisotopic (exact) mass is 497 g/mol. The number of imidazole rings is 1. The Morgan fingerprint density at radius 3 is 2.56 bits per heavy atom. The molecule has 1 N–H and O–H groups in total. The van der Waals surface area contributed by atoms with Crippen molar-refractivity contribution < 1.29 is 4.74 Å². The molecule has 0 radical (unpaired) electrons. The second-order valence-electron chi connectivity index (χ2n) is 8.72. The van der Waals surface area contributed by atoms with Crippen molar-refractivity contribution in [3.05, 3.63) is 103 Å². The molecule has 0 aliphatic rings. The van der Waals surface area contributed by atoms with Crippen molar-refractivity contribution in [3.63, 3.8) is 0 Å². The zero-order valence-electron chi connectivity index (χ0n) is 21.2. The van der Waals surface area contributed by atoms with E-state index in [9.17, 15) is 0 Å². The van der Waals surface area contributed by atoms with Gasteiger partial charge in [0.15, 0.2) is 0 Å². The highest BCUT2D eigenvalue weighted by Gasteiger charge is 2.03. The number of rotatable bonds is 13. The van der Waals surface area contributed by atoms with Crippen LogP contribution in [-0.2, 0) is 12.3 Å². The van der Waals surface area contributed by atoms with E-state index >= 15 is 0 Å². The highest BCUT2D eigenvalue weighted by Crippen LogP contribution is 2.26. The van der Waals surface area contributed by atoms with E-state index < -0.39 is 0 Å². The van der Waals surface area contributed by atoms with Gasteiger partial charge in [0, 0.05) is 41.0 Å². The topological polar surface area (TPSA) is 39.1 Å².